The Bertz CT molecular complexity index is 362. The Morgan fingerprint density at radius 3 is 2.86 bits per heavy atom. The maximum Gasteiger partial charge on any atom is 0.347 e. The van der Waals surface area contributed by atoms with Crippen LogP contribution in [-0.2, 0) is 5.88 Å². The average molecular weight is 233 g/mol. The summed E-state index contributed by atoms with van der Waals surface area (Å²) in [4.78, 5) is 15.1. The molecule has 4 nitrogen and oxygen atoms in total. The van der Waals surface area contributed by atoms with Gasteiger partial charge in [0.25, 0.3) is 0 Å². The lowest BCUT2D eigenvalue weighted by atomic mass is 10.4. The Morgan fingerprint density at radius 2 is 2.43 bits per heavy atom. The van der Waals surface area contributed by atoms with E-state index >= 15 is 0 Å². The number of thiazole rings is 1. The monoisotopic (exact) mass is 232 g/mol. The molecule has 0 aromatic carbocycles. The summed E-state index contributed by atoms with van der Waals surface area (Å²) in [5, 5.41) is 12.7. The molecule has 0 spiro atoms. The molecule has 0 radical (unpaired) electrons. The number of alkyl halides is 1. The predicted octanol–water partition coefficient (Wildman–Crippen LogP) is 2.15. The van der Waals surface area contributed by atoms with Gasteiger partial charge in [0, 0.05) is 6.04 Å². The maximum atomic E-state index is 10.8. The molecule has 6 heteroatoms. The fourth-order valence-corrected chi connectivity index (χ4v) is 2.24. The van der Waals surface area contributed by atoms with Crippen molar-refractivity contribution < 1.29 is 9.90 Å². The SMILES string of the molecule is O=C(O)c1sc(NC2CC2)nc1CCl. The number of nitrogens with one attached hydrogen (secondary N) is 1. The molecule has 14 heavy (non-hydrogen) atoms. The van der Waals surface area contributed by atoms with Crippen molar-refractivity contribution in [1.82, 2.24) is 4.98 Å². The van der Waals surface area contributed by atoms with Gasteiger partial charge in [-0.2, -0.15) is 0 Å². The number of aromatic nitrogens is 1. The van der Waals surface area contributed by atoms with E-state index in [0.717, 1.165) is 24.2 Å². The fraction of sp³-hybridized carbons (Fsp3) is 0.500. The Balaban J connectivity index is 2.20. The first-order chi connectivity index (χ1) is 6.70. The molecule has 1 aliphatic carbocycles. The van der Waals surface area contributed by atoms with Crippen molar-refractivity contribution in [3.63, 3.8) is 0 Å². The zero-order chi connectivity index (χ0) is 10.1. The third-order valence-corrected chi connectivity index (χ3v) is 3.19. The molecular weight excluding hydrogens is 224 g/mol. The smallest absolute Gasteiger partial charge is 0.347 e. The third-order valence-electron chi connectivity index (χ3n) is 1.92. The van der Waals surface area contributed by atoms with Crippen molar-refractivity contribution in [2.24, 2.45) is 0 Å². The molecule has 1 heterocycles. The van der Waals surface area contributed by atoms with Crippen molar-refractivity contribution in [2.75, 3.05) is 5.32 Å². The first-order valence-corrected chi connectivity index (χ1v) is 5.61. The fourth-order valence-electron chi connectivity index (χ4n) is 1.07. The van der Waals surface area contributed by atoms with Crippen LogP contribution in [0.5, 0.6) is 0 Å². The lowest BCUT2D eigenvalue weighted by Crippen LogP contribution is -1.99. The number of carboxylic acids is 1. The predicted molar refractivity (Wildman–Crippen MR) is 55.3 cm³/mol. The highest BCUT2D eigenvalue weighted by molar-refractivity contribution is 7.17. The number of rotatable bonds is 4. The topological polar surface area (TPSA) is 62.2 Å². The zero-order valence-corrected chi connectivity index (χ0v) is 8.86. The summed E-state index contributed by atoms with van der Waals surface area (Å²) in [7, 11) is 0. The lowest BCUT2D eigenvalue weighted by molar-refractivity contribution is 0.0701. The summed E-state index contributed by atoms with van der Waals surface area (Å²) in [5.74, 6) is -0.813. The van der Waals surface area contributed by atoms with Gasteiger partial charge in [-0.15, -0.1) is 11.6 Å². The molecule has 0 atom stereocenters. The van der Waals surface area contributed by atoms with Gasteiger partial charge in [0.15, 0.2) is 5.13 Å². The number of hydrogen-bond donors (Lipinski definition) is 2. The number of carboxylic acid groups (broad SMARTS) is 1. The minimum Gasteiger partial charge on any atom is -0.477 e. The Morgan fingerprint density at radius 1 is 1.71 bits per heavy atom. The average Bonchev–Trinajstić information content (AvgIpc) is 2.83. The summed E-state index contributed by atoms with van der Waals surface area (Å²) in [6.45, 7) is 0. The minimum absolute atomic E-state index is 0.143. The van der Waals surface area contributed by atoms with Gasteiger partial charge in [0.2, 0.25) is 0 Å². The van der Waals surface area contributed by atoms with Crippen LogP contribution in [0.4, 0.5) is 5.13 Å². The third kappa shape index (κ3) is 1.99. The summed E-state index contributed by atoms with van der Waals surface area (Å²) in [6.07, 6.45) is 2.27. The van der Waals surface area contributed by atoms with Gasteiger partial charge >= 0.3 is 5.97 Å². The standard InChI is InChI=1S/C8H9ClN2O2S/c9-3-5-6(7(12)13)14-8(11-5)10-4-1-2-4/h4H,1-3H2,(H,10,11)(H,12,13). The Hall–Kier alpha value is -0.810. The first kappa shape index (κ1) is 9.73. The van der Waals surface area contributed by atoms with E-state index in [0.29, 0.717) is 16.9 Å². The van der Waals surface area contributed by atoms with E-state index < -0.39 is 5.97 Å². The van der Waals surface area contributed by atoms with Gasteiger partial charge < -0.3 is 10.4 Å². The zero-order valence-electron chi connectivity index (χ0n) is 7.29. The summed E-state index contributed by atoms with van der Waals surface area (Å²) in [6, 6.07) is 0.478. The number of anilines is 1. The van der Waals surface area contributed by atoms with Crippen LogP contribution in [0.2, 0.25) is 0 Å². The second-order valence-electron chi connectivity index (χ2n) is 3.15. The van der Waals surface area contributed by atoms with Crippen molar-refractivity contribution in [1.29, 1.82) is 0 Å². The summed E-state index contributed by atoms with van der Waals surface area (Å²) in [5.41, 5.74) is 0.451. The molecule has 0 bridgehead atoms. The summed E-state index contributed by atoms with van der Waals surface area (Å²) < 4.78 is 0. The molecule has 0 aliphatic heterocycles. The number of carbonyl (C=O) groups is 1. The number of nitrogens with zero attached hydrogens (tertiary/aromatic N) is 1. The van der Waals surface area contributed by atoms with Gasteiger partial charge in [-0.1, -0.05) is 11.3 Å². The van der Waals surface area contributed by atoms with Crippen LogP contribution in [-0.4, -0.2) is 22.1 Å². The normalized spacial score (nSPS) is 15.5. The van der Waals surface area contributed by atoms with E-state index in [1.165, 1.54) is 0 Å². The van der Waals surface area contributed by atoms with E-state index in [1.54, 1.807) is 0 Å². The molecule has 0 amide bonds. The second-order valence-corrected chi connectivity index (χ2v) is 4.42. The van der Waals surface area contributed by atoms with Crippen LogP contribution in [0.25, 0.3) is 0 Å². The highest BCUT2D eigenvalue weighted by atomic mass is 35.5. The molecule has 1 saturated carbocycles. The van der Waals surface area contributed by atoms with Crippen molar-refractivity contribution in [3.05, 3.63) is 10.6 Å². The van der Waals surface area contributed by atoms with Gasteiger partial charge in [0.05, 0.1) is 11.6 Å². The molecule has 2 rings (SSSR count). The molecular formula is C8H9ClN2O2S. The Kier molecular flexibility index (Phi) is 2.60. The van der Waals surface area contributed by atoms with Crippen LogP contribution >= 0.6 is 22.9 Å². The lowest BCUT2D eigenvalue weighted by Gasteiger charge is -1.95. The quantitative estimate of drug-likeness (QED) is 0.781. The molecule has 1 aromatic rings. The minimum atomic E-state index is -0.956. The molecule has 1 fully saturated rings. The molecule has 0 unspecified atom stereocenters. The van der Waals surface area contributed by atoms with Gasteiger partial charge in [0.1, 0.15) is 4.88 Å². The van der Waals surface area contributed by atoms with Gasteiger partial charge in [-0.05, 0) is 12.8 Å². The molecule has 0 saturated heterocycles. The highest BCUT2D eigenvalue weighted by Gasteiger charge is 2.24. The van der Waals surface area contributed by atoms with E-state index in [2.05, 4.69) is 10.3 Å². The summed E-state index contributed by atoms with van der Waals surface area (Å²) >= 11 is 6.75. The Labute approximate surface area is 89.9 Å². The molecule has 2 N–H and O–H groups in total. The largest absolute Gasteiger partial charge is 0.477 e. The van der Waals surface area contributed by atoms with E-state index in [-0.39, 0.29) is 10.8 Å². The van der Waals surface area contributed by atoms with Crippen molar-refractivity contribution in [3.8, 4) is 0 Å². The number of hydrogen-bond acceptors (Lipinski definition) is 4. The molecule has 1 aliphatic rings. The van der Waals surface area contributed by atoms with Gasteiger partial charge in [-0.3, -0.25) is 0 Å². The second kappa shape index (κ2) is 3.74. The maximum absolute atomic E-state index is 10.8. The highest BCUT2D eigenvalue weighted by Crippen LogP contribution is 2.29. The van der Waals surface area contributed by atoms with E-state index in [9.17, 15) is 4.79 Å². The number of halogens is 1. The first-order valence-electron chi connectivity index (χ1n) is 4.26. The van der Waals surface area contributed by atoms with Crippen LogP contribution in [0.1, 0.15) is 28.2 Å². The van der Waals surface area contributed by atoms with E-state index in [1.807, 2.05) is 0 Å². The van der Waals surface area contributed by atoms with Crippen LogP contribution in [0.15, 0.2) is 0 Å². The van der Waals surface area contributed by atoms with Crippen LogP contribution < -0.4 is 5.32 Å². The molecule has 76 valence electrons. The van der Waals surface area contributed by atoms with E-state index in [4.69, 9.17) is 16.7 Å². The number of aromatic carboxylic acids is 1. The van der Waals surface area contributed by atoms with Crippen molar-refractivity contribution >= 4 is 34.0 Å². The van der Waals surface area contributed by atoms with Crippen molar-refractivity contribution in [2.45, 2.75) is 24.8 Å². The van der Waals surface area contributed by atoms with Crippen LogP contribution in [0.3, 0.4) is 0 Å². The van der Waals surface area contributed by atoms with Gasteiger partial charge in [-0.25, -0.2) is 9.78 Å². The molecule has 1 aromatic heterocycles. The van der Waals surface area contributed by atoms with Crippen LogP contribution in [0, 0.1) is 0 Å².